The molecule has 0 saturated carbocycles. The molecule has 0 saturated heterocycles. The van der Waals surface area contributed by atoms with Crippen LogP contribution in [-0.2, 0) is 14.3 Å². The standard InChI is InChI=1S/C12H17NO3/c1-3-16-11(12(14)15-2)10(13)9-7-5-4-6-8-9/h4-8,10-11H,3,13H2,1-2H3. The molecule has 4 heteroatoms. The van der Waals surface area contributed by atoms with Crippen LogP contribution in [0.5, 0.6) is 0 Å². The number of esters is 1. The van der Waals surface area contributed by atoms with Crippen molar-refractivity contribution in [3.63, 3.8) is 0 Å². The smallest absolute Gasteiger partial charge is 0.336 e. The van der Waals surface area contributed by atoms with Crippen molar-refractivity contribution in [1.29, 1.82) is 0 Å². The Kier molecular flexibility index (Phi) is 4.95. The fourth-order valence-electron chi connectivity index (χ4n) is 1.46. The van der Waals surface area contributed by atoms with Gasteiger partial charge < -0.3 is 15.2 Å². The van der Waals surface area contributed by atoms with Gasteiger partial charge in [-0.3, -0.25) is 0 Å². The molecule has 2 unspecified atom stereocenters. The number of carbonyl (C=O) groups is 1. The highest BCUT2D eigenvalue weighted by molar-refractivity contribution is 5.75. The molecule has 0 aliphatic heterocycles. The first-order chi connectivity index (χ1) is 7.70. The molecule has 0 aliphatic rings. The fourth-order valence-corrected chi connectivity index (χ4v) is 1.46. The molecule has 1 aromatic rings. The van der Waals surface area contributed by atoms with Crippen molar-refractivity contribution in [1.82, 2.24) is 0 Å². The molecule has 0 spiro atoms. The molecule has 4 nitrogen and oxygen atoms in total. The maximum atomic E-state index is 11.5. The van der Waals surface area contributed by atoms with Gasteiger partial charge >= 0.3 is 5.97 Å². The van der Waals surface area contributed by atoms with Gasteiger partial charge in [0.1, 0.15) is 0 Å². The number of ether oxygens (including phenoxy) is 2. The molecule has 0 aliphatic carbocycles. The van der Waals surface area contributed by atoms with Gasteiger partial charge in [-0.1, -0.05) is 30.3 Å². The molecule has 1 rings (SSSR count). The van der Waals surface area contributed by atoms with Crippen LogP contribution in [-0.4, -0.2) is 25.8 Å². The van der Waals surface area contributed by atoms with Crippen molar-refractivity contribution in [3.8, 4) is 0 Å². The Balaban J connectivity index is 2.82. The van der Waals surface area contributed by atoms with Gasteiger partial charge in [-0.2, -0.15) is 0 Å². The highest BCUT2D eigenvalue weighted by atomic mass is 16.6. The molecule has 0 aromatic heterocycles. The van der Waals surface area contributed by atoms with E-state index in [-0.39, 0.29) is 0 Å². The molecule has 16 heavy (non-hydrogen) atoms. The van der Waals surface area contributed by atoms with E-state index in [1.807, 2.05) is 37.3 Å². The summed E-state index contributed by atoms with van der Waals surface area (Å²) in [4.78, 5) is 11.5. The van der Waals surface area contributed by atoms with E-state index in [2.05, 4.69) is 4.74 Å². The number of hydrogen-bond acceptors (Lipinski definition) is 4. The van der Waals surface area contributed by atoms with Crippen LogP contribution < -0.4 is 5.73 Å². The lowest BCUT2D eigenvalue weighted by Crippen LogP contribution is -2.36. The molecule has 2 N–H and O–H groups in total. The molecule has 0 fully saturated rings. The Bertz CT molecular complexity index is 326. The molecular formula is C12H17NO3. The number of carbonyl (C=O) groups excluding carboxylic acids is 1. The summed E-state index contributed by atoms with van der Waals surface area (Å²) in [6.07, 6.45) is -0.752. The first kappa shape index (κ1) is 12.7. The van der Waals surface area contributed by atoms with Crippen LogP contribution in [0.2, 0.25) is 0 Å². The quantitative estimate of drug-likeness (QED) is 0.763. The topological polar surface area (TPSA) is 61.5 Å². The summed E-state index contributed by atoms with van der Waals surface area (Å²) in [5.74, 6) is -0.446. The van der Waals surface area contributed by atoms with E-state index in [0.29, 0.717) is 6.61 Å². The van der Waals surface area contributed by atoms with Gasteiger partial charge in [0.15, 0.2) is 6.10 Å². The summed E-state index contributed by atoms with van der Waals surface area (Å²) in [7, 11) is 1.33. The van der Waals surface area contributed by atoms with E-state index in [4.69, 9.17) is 10.5 Å². The molecule has 0 bridgehead atoms. The van der Waals surface area contributed by atoms with Crippen molar-refractivity contribution >= 4 is 5.97 Å². The zero-order valence-corrected chi connectivity index (χ0v) is 9.55. The van der Waals surface area contributed by atoms with E-state index < -0.39 is 18.1 Å². The van der Waals surface area contributed by atoms with Gasteiger partial charge in [0.05, 0.1) is 13.2 Å². The predicted molar refractivity (Wildman–Crippen MR) is 60.8 cm³/mol. The third-order valence-corrected chi connectivity index (χ3v) is 2.29. The minimum Gasteiger partial charge on any atom is -0.467 e. The van der Waals surface area contributed by atoms with E-state index >= 15 is 0 Å². The number of hydrogen-bond donors (Lipinski definition) is 1. The molecule has 0 amide bonds. The van der Waals surface area contributed by atoms with E-state index in [9.17, 15) is 4.79 Å². The van der Waals surface area contributed by atoms with Crippen molar-refractivity contribution in [2.45, 2.75) is 19.1 Å². The van der Waals surface area contributed by atoms with Gasteiger partial charge in [0.25, 0.3) is 0 Å². The van der Waals surface area contributed by atoms with Gasteiger partial charge in [-0.05, 0) is 12.5 Å². The average Bonchev–Trinajstić information content (AvgIpc) is 2.35. The zero-order chi connectivity index (χ0) is 12.0. The second-order valence-corrected chi connectivity index (χ2v) is 3.34. The molecule has 2 atom stereocenters. The third-order valence-electron chi connectivity index (χ3n) is 2.29. The average molecular weight is 223 g/mol. The highest BCUT2D eigenvalue weighted by Crippen LogP contribution is 2.17. The first-order valence-electron chi connectivity index (χ1n) is 5.20. The van der Waals surface area contributed by atoms with Crippen LogP contribution in [0.1, 0.15) is 18.5 Å². The zero-order valence-electron chi connectivity index (χ0n) is 9.55. The van der Waals surface area contributed by atoms with Crippen molar-refractivity contribution in [2.75, 3.05) is 13.7 Å². The fraction of sp³-hybridized carbons (Fsp3) is 0.417. The Morgan fingerprint density at radius 3 is 2.50 bits per heavy atom. The second-order valence-electron chi connectivity index (χ2n) is 3.34. The summed E-state index contributed by atoms with van der Waals surface area (Å²) in [6, 6.07) is 8.85. The number of rotatable bonds is 5. The molecule has 0 heterocycles. The second kappa shape index (κ2) is 6.25. The Morgan fingerprint density at radius 2 is 2.00 bits per heavy atom. The summed E-state index contributed by atoms with van der Waals surface area (Å²) in [5.41, 5.74) is 6.83. The van der Waals surface area contributed by atoms with Crippen LogP contribution in [0.25, 0.3) is 0 Å². The lowest BCUT2D eigenvalue weighted by molar-refractivity contribution is -0.155. The van der Waals surface area contributed by atoms with Crippen LogP contribution in [0.4, 0.5) is 0 Å². The van der Waals surface area contributed by atoms with Crippen molar-refractivity contribution in [2.24, 2.45) is 5.73 Å². The third kappa shape index (κ3) is 3.05. The lowest BCUT2D eigenvalue weighted by atomic mass is 10.0. The van der Waals surface area contributed by atoms with Crippen LogP contribution in [0, 0.1) is 0 Å². The van der Waals surface area contributed by atoms with E-state index in [1.165, 1.54) is 7.11 Å². The van der Waals surface area contributed by atoms with Crippen LogP contribution >= 0.6 is 0 Å². The number of methoxy groups -OCH3 is 1. The van der Waals surface area contributed by atoms with Gasteiger partial charge in [-0.25, -0.2) is 4.79 Å². The van der Waals surface area contributed by atoms with Crippen LogP contribution in [0.3, 0.4) is 0 Å². The first-order valence-corrected chi connectivity index (χ1v) is 5.20. The summed E-state index contributed by atoms with van der Waals surface area (Å²) in [6.45, 7) is 2.23. The molecular weight excluding hydrogens is 206 g/mol. The van der Waals surface area contributed by atoms with Gasteiger partial charge in [0.2, 0.25) is 0 Å². The van der Waals surface area contributed by atoms with Gasteiger partial charge in [-0.15, -0.1) is 0 Å². The van der Waals surface area contributed by atoms with Gasteiger partial charge in [0, 0.05) is 6.61 Å². The van der Waals surface area contributed by atoms with E-state index in [1.54, 1.807) is 0 Å². The number of benzene rings is 1. The monoisotopic (exact) mass is 223 g/mol. The predicted octanol–water partition coefficient (Wildman–Crippen LogP) is 1.26. The normalized spacial score (nSPS) is 14.2. The maximum absolute atomic E-state index is 11.5. The molecule has 88 valence electrons. The Labute approximate surface area is 95.3 Å². The van der Waals surface area contributed by atoms with Crippen molar-refractivity contribution < 1.29 is 14.3 Å². The largest absolute Gasteiger partial charge is 0.467 e. The SMILES string of the molecule is CCOC(C(=O)OC)C(N)c1ccccc1. The van der Waals surface area contributed by atoms with E-state index in [0.717, 1.165) is 5.56 Å². The molecule has 1 aromatic carbocycles. The molecule has 0 radical (unpaired) electrons. The summed E-state index contributed by atoms with van der Waals surface area (Å²) < 4.78 is 9.97. The Hall–Kier alpha value is -1.39. The highest BCUT2D eigenvalue weighted by Gasteiger charge is 2.27. The summed E-state index contributed by atoms with van der Waals surface area (Å²) in [5, 5.41) is 0. The summed E-state index contributed by atoms with van der Waals surface area (Å²) >= 11 is 0. The van der Waals surface area contributed by atoms with Crippen LogP contribution in [0.15, 0.2) is 30.3 Å². The lowest BCUT2D eigenvalue weighted by Gasteiger charge is -2.21. The minimum absolute atomic E-state index is 0.417. The Morgan fingerprint density at radius 1 is 1.38 bits per heavy atom. The minimum atomic E-state index is -0.752. The number of nitrogens with two attached hydrogens (primary N) is 1. The van der Waals surface area contributed by atoms with Crippen molar-refractivity contribution in [3.05, 3.63) is 35.9 Å². The maximum Gasteiger partial charge on any atom is 0.336 e.